The Morgan fingerprint density at radius 2 is 2.00 bits per heavy atom. The molecular formula is C22H29N5OS. The van der Waals surface area contributed by atoms with Gasteiger partial charge in [0.25, 0.3) is 0 Å². The van der Waals surface area contributed by atoms with Crippen LogP contribution in [0.4, 0.5) is 11.6 Å². The molecule has 2 aromatic heterocycles. The zero-order valence-electron chi connectivity index (χ0n) is 17.3. The molecule has 1 aliphatic rings. The second kappa shape index (κ2) is 8.26. The lowest BCUT2D eigenvalue weighted by Crippen LogP contribution is -2.38. The van der Waals surface area contributed by atoms with E-state index in [1.165, 1.54) is 37.1 Å². The lowest BCUT2D eigenvalue weighted by molar-refractivity contribution is -0.0715. The maximum absolute atomic E-state index is 11.3. The molecule has 0 radical (unpaired) electrons. The minimum absolute atomic E-state index is 0.584. The van der Waals surface area contributed by atoms with Gasteiger partial charge in [-0.2, -0.15) is 0 Å². The van der Waals surface area contributed by atoms with Gasteiger partial charge < -0.3 is 15.4 Å². The van der Waals surface area contributed by atoms with E-state index in [1.807, 2.05) is 44.2 Å². The Bertz CT molecular complexity index is 942. The first-order valence-electron chi connectivity index (χ1n) is 10.2. The van der Waals surface area contributed by atoms with E-state index in [0.29, 0.717) is 11.9 Å². The fourth-order valence-electron chi connectivity index (χ4n) is 3.89. The molecule has 1 fully saturated rings. The topological polar surface area (TPSA) is 77.1 Å². The number of aliphatic hydroxyl groups is 1. The maximum atomic E-state index is 11.3. The van der Waals surface area contributed by atoms with Gasteiger partial charge in [-0.3, -0.25) is 4.90 Å². The van der Waals surface area contributed by atoms with Crippen LogP contribution in [0.1, 0.15) is 55.5 Å². The fraction of sp³-hybridized carbons (Fsp3) is 0.455. The van der Waals surface area contributed by atoms with Gasteiger partial charge in [-0.25, -0.2) is 9.97 Å². The largest absolute Gasteiger partial charge is 0.372 e. The van der Waals surface area contributed by atoms with Crippen LogP contribution in [0.25, 0.3) is 10.4 Å². The van der Waals surface area contributed by atoms with Gasteiger partial charge in [0, 0.05) is 41.3 Å². The molecule has 1 unspecified atom stereocenters. The first-order chi connectivity index (χ1) is 13.9. The third kappa shape index (κ3) is 4.22. The minimum Gasteiger partial charge on any atom is -0.372 e. The van der Waals surface area contributed by atoms with Crippen LogP contribution in [0, 0.1) is 0 Å². The lowest BCUT2D eigenvalue weighted by atomic mass is 9.90. The summed E-state index contributed by atoms with van der Waals surface area (Å²) in [6, 6.07) is 6.09. The summed E-state index contributed by atoms with van der Waals surface area (Å²) in [7, 11) is 3.77. The Kier molecular flexibility index (Phi) is 5.72. The number of thiazole rings is 1. The van der Waals surface area contributed by atoms with E-state index in [1.54, 1.807) is 23.7 Å². The summed E-state index contributed by atoms with van der Waals surface area (Å²) in [5, 5.41) is 15.8. The molecule has 3 aromatic rings. The number of imidazole rings is 1. The molecule has 3 N–H and O–H groups in total. The van der Waals surface area contributed by atoms with Crippen LogP contribution in [0.15, 0.2) is 36.8 Å². The highest BCUT2D eigenvalue weighted by atomic mass is 32.1. The maximum Gasteiger partial charge on any atom is 0.204 e. The third-order valence-electron chi connectivity index (χ3n) is 5.91. The van der Waals surface area contributed by atoms with E-state index in [9.17, 15) is 5.11 Å². The summed E-state index contributed by atoms with van der Waals surface area (Å²) in [5.74, 6) is 1.26. The predicted octanol–water partition coefficient (Wildman–Crippen LogP) is 5.05. The van der Waals surface area contributed by atoms with Crippen molar-refractivity contribution in [3.05, 3.63) is 47.4 Å². The lowest BCUT2D eigenvalue weighted by Gasteiger charge is -2.33. The second-order valence-electron chi connectivity index (χ2n) is 8.14. The number of aromatic nitrogens is 3. The van der Waals surface area contributed by atoms with Crippen LogP contribution in [-0.4, -0.2) is 39.1 Å². The van der Waals surface area contributed by atoms with Gasteiger partial charge in [-0.1, -0.05) is 25.3 Å². The highest BCUT2D eigenvalue weighted by Crippen LogP contribution is 2.41. The van der Waals surface area contributed by atoms with E-state index >= 15 is 0 Å². The fourth-order valence-corrected chi connectivity index (χ4v) is 5.02. The molecule has 0 saturated heterocycles. The van der Waals surface area contributed by atoms with Crippen molar-refractivity contribution in [2.24, 2.45) is 0 Å². The van der Waals surface area contributed by atoms with E-state index in [2.05, 4.69) is 21.4 Å². The summed E-state index contributed by atoms with van der Waals surface area (Å²) in [6.45, 7) is 1.82. The van der Waals surface area contributed by atoms with Gasteiger partial charge in [0.2, 0.25) is 5.95 Å². The van der Waals surface area contributed by atoms with Gasteiger partial charge in [-0.15, -0.1) is 11.3 Å². The first-order valence-corrected chi connectivity index (χ1v) is 11.0. The summed E-state index contributed by atoms with van der Waals surface area (Å²) in [4.78, 5) is 15.0. The van der Waals surface area contributed by atoms with Crippen LogP contribution in [0.2, 0.25) is 0 Å². The number of benzene rings is 1. The third-order valence-corrected chi connectivity index (χ3v) is 7.10. The van der Waals surface area contributed by atoms with Crippen LogP contribution < -0.4 is 5.32 Å². The Morgan fingerprint density at radius 3 is 2.69 bits per heavy atom. The molecule has 1 aliphatic carbocycles. The Labute approximate surface area is 176 Å². The Hall–Kier alpha value is -2.22. The monoisotopic (exact) mass is 411 g/mol. The van der Waals surface area contributed by atoms with Crippen molar-refractivity contribution in [3.63, 3.8) is 0 Å². The number of nitrogens with zero attached hydrogens (tertiary/aromatic N) is 3. The highest BCUT2D eigenvalue weighted by Gasteiger charge is 2.30. The molecule has 1 saturated carbocycles. The Morgan fingerprint density at radius 1 is 1.21 bits per heavy atom. The van der Waals surface area contributed by atoms with Gasteiger partial charge in [0.05, 0.1) is 9.88 Å². The number of hydrogen-bond acceptors (Lipinski definition) is 6. The van der Waals surface area contributed by atoms with E-state index < -0.39 is 5.72 Å². The molecule has 1 aromatic carbocycles. The molecule has 6 nitrogen and oxygen atoms in total. The molecule has 0 aliphatic heterocycles. The zero-order chi connectivity index (χ0) is 20.4. The van der Waals surface area contributed by atoms with Crippen LogP contribution in [0.3, 0.4) is 0 Å². The van der Waals surface area contributed by atoms with Crippen molar-refractivity contribution < 1.29 is 5.11 Å². The SMILES string of the molecule is CN(C)C(C)(O)c1cc(Nc2ncc[nH]2)ccc1-c1cnc(C2CCCCC2)s1. The van der Waals surface area contributed by atoms with Gasteiger partial charge in [-0.05, 0) is 46.0 Å². The molecule has 29 heavy (non-hydrogen) atoms. The smallest absolute Gasteiger partial charge is 0.204 e. The van der Waals surface area contributed by atoms with Crippen molar-refractivity contribution in [1.29, 1.82) is 0 Å². The number of H-pyrrole nitrogens is 1. The van der Waals surface area contributed by atoms with Crippen molar-refractivity contribution in [2.45, 2.75) is 50.7 Å². The molecule has 4 rings (SSSR count). The zero-order valence-corrected chi connectivity index (χ0v) is 18.1. The number of aromatic amines is 1. The minimum atomic E-state index is -1.12. The van der Waals surface area contributed by atoms with Gasteiger partial charge >= 0.3 is 0 Å². The van der Waals surface area contributed by atoms with E-state index in [-0.39, 0.29) is 0 Å². The van der Waals surface area contributed by atoms with Crippen LogP contribution in [-0.2, 0) is 5.72 Å². The molecule has 1 atom stereocenters. The molecule has 0 spiro atoms. The van der Waals surface area contributed by atoms with Gasteiger partial charge in [0.1, 0.15) is 5.72 Å². The normalized spacial score (nSPS) is 17.4. The molecule has 2 heterocycles. The Balaban J connectivity index is 1.71. The standard InChI is InChI=1S/C22H29N5OS/c1-22(28,27(2)3)18-13-16(26-21-23-11-12-24-21)9-10-17(18)19-14-25-20(29-19)15-7-5-4-6-8-15/h9-15,28H,4-8H2,1-3H3,(H2,23,24,26). The molecule has 154 valence electrons. The number of rotatable bonds is 6. The van der Waals surface area contributed by atoms with Crippen LogP contribution in [0.5, 0.6) is 0 Å². The van der Waals surface area contributed by atoms with Crippen molar-refractivity contribution in [3.8, 4) is 10.4 Å². The highest BCUT2D eigenvalue weighted by molar-refractivity contribution is 7.15. The number of nitrogens with one attached hydrogen (secondary N) is 2. The van der Waals surface area contributed by atoms with Gasteiger partial charge in [0.15, 0.2) is 0 Å². The van der Waals surface area contributed by atoms with Crippen molar-refractivity contribution in [2.75, 3.05) is 19.4 Å². The summed E-state index contributed by atoms with van der Waals surface area (Å²) in [5.41, 5.74) is 1.62. The summed E-state index contributed by atoms with van der Waals surface area (Å²) < 4.78 is 0. The first kappa shape index (κ1) is 20.1. The predicted molar refractivity (Wildman–Crippen MR) is 119 cm³/mol. The quantitative estimate of drug-likeness (QED) is 0.495. The van der Waals surface area contributed by atoms with Crippen molar-refractivity contribution in [1.82, 2.24) is 19.9 Å². The summed E-state index contributed by atoms with van der Waals surface area (Å²) in [6.07, 6.45) is 11.9. The second-order valence-corrected chi connectivity index (χ2v) is 9.20. The van der Waals surface area contributed by atoms with E-state index in [4.69, 9.17) is 4.98 Å². The molecule has 0 bridgehead atoms. The molecule has 7 heteroatoms. The van der Waals surface area contributed by atoms with Crippen molar-refractivity contribution >= 4 is 23.0 Å². The average molecular weight is 412 g/mol. The summed E-state index contributed by atoms with van der Waals surface area (Å²) >= 11 is 1.77. The van der Waals surface area contributed by atoms with E-state index in [0.717, 1.165) is 21.7 Å². The number of anilines is 2. The number of hydrogen-bond donors (Lipinski definition) is 3. The molecular weight excluding hydrogens is 382 g/mol. The molecule has 0 amide bonds. The average Bonchev–Trinajstić information content (AvgIpc) is 3.41. The van der Waals surface area contributed by atoms with Crippen LogP contribution >= 0.6 is 11.3 Å².